The van der Waals surface area contributed by atoms with Gasteiger partial charge in [0.2, 0.25) is 5.91 Å². The van der Waals surface area contributed by atoms with Crippen LogP contribution in [0.25, 0.3) is 0 Å². The van der Waals surface area contributed by atoms with Gasteiger partial charge in [-0.1, -0.05) is 281 Å². The number of carbonyl (C=O) groups is 2. The van der Waals surface area contributed by atoms with E-state index in [4.69, 9.17) is 4.74 Å². The van der Waals surface area contributed by atoms with Crippen molar-refractivity contribution >= 4 is 11.9 Å². The van der Waals surface area contributed by atoms with Gasteiger partial charge in [0.05, 0.1) is 25.4 Å². The molecule has 2 atom stereocenters. The molecule has 1 amide bonds. The van der Waals surface area contributed by atoms with Crippen molar-refractivity contribution in [3.8, 4) is 0 Å². The molecule has 6 nitrogen and oxygen atoms in total. The largest absolute Gasteiger partial charge is 0.466 e. The van der Waals surface area contributed by atoms with Gasteiger partial charge in [-0.2, -0.15) is 0 Å². The Morgan fingerprint density at radius 1 is 0.400 bits per heavy atom. The number of hydrogen-bond acceptors (Lipinski definition) is 5. The Balaban J connectivity index is 3.41. The summed E-state index contributed by atoms with van der Waals surface area (Å²) in [5.74, 6) is -0.0403. The fourth-order valence-electron chi connectivity index (χ4n) is 9.59. The minimum absolute atomic E-state index is 0.00209. The number of nitrogens with one attached hydrogen (secondary N) is 1. The maximum atomic E-state index is 12.5. The van der Waals surface area contributed by atoms with Crippen molar-refractivity contribution in [1.82, 2.24) is 5.32 Å². The van der Waals surface area contributed by atoms with Crippen LogP contribution in [0, 0.1) is 0 Å². The fourth-order valence-corrected chi connectivity index (χ4v) is 9.59. The maximum Gasteiger partial charge on any atom is 0.305 e. The van der Waals surface area contributed by atoms with Gasteiger partial charge in [-0.05, 0) is 77.0 Å². The number of unbranched alkanes of at least 4 members (excludes halogenated alkanes) is 41. The second-order valence-corrected chi connectivity index (χ2v) is 21.4. The highest BCUT2D eigenvalue weighted by Crippen LogP contribution is 2.17. The van der Waals surface area contributed by atoms with Crippen LogP contribution in [0.2, 0.25) is 0 Å². The number of aliphatic hydroxyl groups is 2. The molecular formula is C64H121NO5. The third kappa shape index (κ3) is 55.4. The first-order valence-corrected chi connectivity index (χ1v) is 31.2. The van der Waals surface area contributed by atoms with Gasteiger partial charge in [0.25, 0.3) is 0 Å². The smallest absolute Gasteiger partial charge is 0.305 e. The molecule has 0 bridgehead atoms. The van der Waals surface area contributed by atoms with E-state index in [2.05, 4.69) is 55.6 Å². The summed E-state index contributed by atoms with van der Waals surface area (Å²) in [5.41, 5.74) is 0. The predicted octanol–water partition coefficient (Wildman–Crippen LogP) is 19.6. The Morgan fingerprint density at radius 3 is 1.14 bits per heavy atom. The molecule has 0 heterocycles. The predicted molar refractivity (Wildman–Crippen MR) is 306 cm³/mol. The average molecular weight is 985 g/mol. The van der Waals surface area contributed by atoms with Crippen LogP contribution in [-0.4, -0.2) is 47.4 Å². The van der Waals surface area contributed by atoms with Gasteiger partial charge in [0.15, 0.2) is 0 Å². The second-order valence-electron chi connectivity index (χ2n) is 21.4. The molecule has 2 unspecified atom stereocenters. The number of amides is 1. The lowest BCUT2D eigenvalue weighted by atomic mass is 10.0. The highest BCUT2D eigenvalue weighted by atomic mass is 16.5. The van der Waals surface area contributed by atoms with Gasteiger partial charge in [-0.25, -0.2) is 0 Å². The molecule has 0 saturated carbocycles. The van der Waals surface area contributed by atoms with Crippen LogP contribution < -0.4 is 5.32 Å². The molecular weight excluding hydrogens is 863 g/mol. The van der Waals surface area contributed by atoms with Crippen LogP contribution in [0.15, 0.2) is 36.5 Å². The van der Waals surface area contributed by atoms with Crippen LogP contribution in [0.1, 0.15) is 335 Å². The molecule has 0 aromatic carbocycles. The number of hydrogen-bond donors (Lipinski definition) is 3. The Kier molecular flexibility index (Phi) is 58.0. The Bertz CT molecular complexity index is 1130. The summed E-state index contributed by atoms with van der Waals surface area (Å²) in [6.45, 7) is 4.92. The molecule has 0 rings (SSSR count). The van der Waals surface area contributed by atoms with Gasteiger partial charge in [-0.3, -0.25) is 9.59 Å². The molecule has 412 valence electrons. The Hall–Kier alpha value is -1.92. The minimum Gasteiger partial charge on any atom is -0.466 e. The Labute approximate surface area is 436 Å². The summed E-state index contributed by atoms with van der Waals surface area (Å²) in [5, 5.41) is 23.3. The van der Waals surface area contributed by atoms with Gasteiger partial charge < -0.3 is 20.3 Å². The number of esters is 1. The zero-order valence-electron chi connectivity index (χ0n) is 47.0. The summed E-state index contributed by atoms with van der Waals surface area (Å²) in [7, 11) is 0. The SMILES string of the molecule is CCCC/C=C\C/C=C\CCCCCCCC(=O)OCCCCCCCCCCCCCC/C=C\CCCCCCCCCCC(=O)NC(CO)C(O)CCCCCCCCCCCCCCCCC. The number of aliphatic hydroxyl groups excluding tert-OH is 2. The number of ether oxygens (including phenoxy) is 1. The summed E-state index contributed by atoms with van der Waals surface area (Å²) in [6.07, 6.45) is 74.4. The first-order chi connectivity index (χ1) is 34.5. The van der Waals surface area contributed by atoms with E-state index in [-0.39, 0.29) is 18.5 Å². The van der Waals surface area contributed by atoms with Crippen molar-refractivity contribution in [3.63, 3.8) is 0 Å². The molecule has 0 aliphatic carbocycles. The van der Waals surface area contributed by atoms with E-state index in [1.165, 1.54) is 250 Å². The van der Waals surface area contributed by atoms with Gasteiger partial charge >= 0.3 is 5.97 Å². The highest BCUT2D eigenvalue weighted by Gasteiger charge is 2.20. The first-order valence-electron chi connectivity index (χ1n) is 31.2. The average Bonchev–Trinajstić information content (AvgIpc) is 3.36. The molecule has 0 radical (unpaired) electrons. The van der Waals surface area contributed by atoms with E-state index in [0.29, 0.717) is 25.9 Å². The lowest BCUT2D eigenvalue weighted by molar-refractivity contribution is -0.143. The Morgan fingerprint density at radius 2 is 0.729 bits per heavy atom. The summed E-state index contributed by atoms with van der Waals surface area (Å²) >= 11 is 0. The number of carbonyl (C=O) groups excluding carboxylic acids is 2. The third-order valence-electron chi connectivity index (χ3n) is 14.4. The molecule has 0 spiro atoms. The molecule has 0 aromatic rings. The van der Waals surface area contributed by atoms with Crippen LogP contribution in [0.3, 0.4) is 0 Å². The van der Waals surface area contributed by atoms with Gasteiger partial charge in [0, 0.05) is 12.8 Å². The fraction of sp³-hybridized carbons (Fsp3) is 0.875. The normalized spacial score (nSPS) is 12.8. The summed E-state index contributed by atoms with van der Waals surface area (Å²) < 4.78 is 5.47. The van der Waals surface area contributed by atoms with E-state index < -0.39 is 12.1 Å². The molecule has 0 saturated heterocycles. The molecule has 0 aliphatic heterocycles. The lowest BCUT2D eigenvalue weighted by Gasteiger charge is -2.22. The van der Waals surface area contributed by atoms with Crippen molar-refractivity contribution < 1.29 is 24.5 Å². The highest BCUT2D eigenvalue weighted by molar-refractivity contribution is 5.76. The van der Waals surface area contributed by atoms with Crippen LogP contribution in [-0.2, 0) is 14.3 Å². The van der Waals surface area contributed by atoms with Crippen molar-refractivity contribution in [2.75, 3.05) is 13.2 Å². The maximum absolute atomic E-state index is 12.5. The van der Waals surface area contributed by atoms with Crippen molar-refractivity contribution in [2.24, 2.45) is 0 Å². The molecule has 6 heteroatoms. The van der Waals surface area contributed by atoms with Crippen molar-refractivity contribution in [3.05, 3.63) is 36.5 Å². The standard InChI is InChI=1S/C64H121NO5/c1-3-5-7-9-11-13-15-17-29-32-36-40-44-48-52-56-62(67)61(60-66)65-63(68)57-53-49-45-41-37-33-30-27-25-23-21-19-20-22-24-26-28-31-35-39-43-47-51-55-59-70-64(69)58-54-50-46-42-38-34-18-16-14-12-10-8-6-4-2/h10,12,16,18,21,23,61-62,66-67H,3-9,11,13-15,17,19-20,22,24-60H2,1-2H3,(H,65,68)/b12-10-,18-16-,23-21-. The van der Waals surface area contributed by atoms with Gasteiger partial charge in [-0.15, -0.1) is 0 Å². The zero-order valence-corrected chi connectivity index (χ0v) is 47.0. The number of rotatable bonds is 58. The van der Waals surface area contributed by atoms with Crippen LogP contribution in [0.5, 0.6) is 0 Å². The van der Waals surface area contributed by atoms with E-state index in [1.54, 1.807) is 0 Å². The second kappa shape index (κ2) is 59.6. The summed E-state index contributed by atoms with van der Waals surface area (Å²) in [4.78, 5) is 24.5. The van der Waals surface area contributed by atoms with E-state index >= 15 is 0 Å². The topological polar surface area (TPSA) is 95.9 Å². The van der Waals surface area contributed by atoms with Gasteiger partial charge in [0.1, 0.15) is 0 Å². The van der Waals surface area contributed by atoms with E-state index in [0.717, 1.165) is 51.4 Å². The third-order valence-corrected chi connectivity index (χ3v) is 14.4. The lowest BCUT2D eigenvalue weighted by Crippen LogP contribution is -2.45. The van der Waals surface area contributed by atoms with Crippen LogP contribution >= 0.6 is 0 Å². The molecule has 0 fully saturated rings. The quantitative estimate of drug-likeness (QED) is 0.0321. The van der Waals surface area contributed by atoms with Crippen molar-refractivity contribution in [1.29, 1.82) is 0 Å². The monoisotopic (exact) mass is 984 g/mol. The minimum atomic E-state index is -0.667. The van der Waals surface area contributed by atoms with Crippen LogP contribution in [0.4, 0.5) is 0 Å². The number of allylic oxidation sites excluding steroid dienone is 6. The molecule has 0 aliphatic rings. The first kappa shape index (κ1) is 68.1. The van der Waals surface area contributed by atoms with E-state index in [1.807, 2.05) is 0 Å². The molecule has 3 N–H and O–H groups in total. The summed E-state index contributed by atoms with van der Waals surface area (Å²) in [6, 6.07) is -0.545. The van der Waals surface area contributed by atoms with Crippen molar-refractivity contribution in [2.45, 2.75) is 347 Å². The molecule has 70 heavy (non-hydrogen) atoms. The zero-order chi connectivity index (χ0) is 50.7. The van der Waals surface area contributed by atoms with E-state index in [9.17, 15) is 19.8 Å². The molecule has 0 aromatic heterocycles.